The van der Waals surface area contributed by atoms with Crippen molar-refractivity contribution >= 4 is 25.2 Å². The predicted molar refractivity (Wildman–Crippen MR) is 153 cm³/mol. The number of carbonyl (C=O) groups excluding carboxylic acids is 1. The van der Waals surface area contributed by atoms with Crippen molar-refractivity contribution in [2.75, 3.05) is 25.0 Å². The van der Waals surface area contributed by atoms with Gasteiger partial charge in [-0.3, -0.25) is 4.79 Å². The van der Waals surface area contributed by atoms with Crippen LogP contribution in [0.15, 0.2) is 40.7 Å². The van der Waals surface area contributed by atoms with Gasteiger partial charge >= 0.3 is 0 Å². The summed E-state index contributed by atoms with van der Waals surface area (Å²) in [5, 5.41) is 19.7. The van der Waals surface area contributed by atoms with Crippen molar-refractivity contribution < 1.29 is 9.53 Å². The highest BCUT2D eigenvalue weighted by molar-refractivity contribution is 6.76. The van der Waals surface area contributed by atoms with Gasteiger partial charge in [-0.25, -0.2) is 4.98 Å². The second-order valence-corrected chi connectivity index (χ2v) is 16.3. The van der Waals surface area contributed by atoms with Crippen LogP contribution in [0.5, 0.6) is 0 Å². The van der Waals surface area contributed by atoms with E-state index >= 15 is 0 Å². The predicted octanol–water partition coefficient (Wildman–Crippen LogP) is 6.98. The standard InChI is InChI=1S/C26H34N10O2Si/c1-39(2,3)12-11-38-18-36-17-22(14-27)32-25(36)26(37)33-24-10-9-20(21(15-30-34-28)16-31-35-29)13-23(24)19-7-5-4-6-8-19/h7,9-10,13,17,21H,4-6,8,11-12,15-16,18H2,1-3H3,(H,33,37). The fraction of sp³-hybridized carbons (Fsp3) is 0.500. The Kier molecular flexibility index (Phi) is 10.7. The Hall–Kier alpha value is -4.07. The van der Waals surface area contributed by atoms with Gasteiger partial charge in [0.2, 0.25) is 5.82 Å². The third kappa shape index (κ3) is 8.73. The molecule has 204 valence electrons. The van der Waals surface area contributed by atoms with E-state index in [4.69, 9.17) is 15.8 Å². The zero-order chi connectivity index (χ0) is 28.3. The van der Waals surface area contributed by atoms with Gasteiger partial charge in [0.25, 0.3) is 5.91 Å². The van der Waals surface area contributed by atoms with Crippen molar-refractivity contribution in [1.29, 1.82) is 5.26 Å². The van der Waals surface area contributed by atoms with Crippen LogP contribution in [0.1, 0.15) is 59.0 Å². The summed E-state index contributed by atoms with van der Waals surface area (Å²) in [7, 11) is -1.27. The number of rotatable bonds is 13. The summed E-state index contributed by atoms with van der Waals surface area (Å²) in [5.41, 5.74) is 21.2. The van der Waals surface area contributed by atoms with E-state index in [1.54, 1.807) is 10.6 Å². The van der Waals surface area contributed by atoms with E-state index in [2.05, 4.69) is 56.1 Å². The number of carbonyl (C=O) groups is 1. The maximum Gasteiger partial charge on any atom is 0.291 e. The lowest BCUT2D eigenvalue weighted by molar-refractivity contribution is 0.0808. The largest absolute Gasteiger partial charge is 0.361 e. The topological polar surface area (TPSA) is 177 Å². The summed E-state index contributed by atoms with van der Waals surface area (Å²) in [5.74, 6) is -0.651. The SMILES string of the molecule is C[Si](C)(C)CCOCn1cc(C#N)nc1C(=O)Nc1ccc(C(CN=[N+]=[N-])CN=[N+]=[N-])cc1C1=CCCCC1. The average Bonchev–Trinajstić information content (AvgIpc) is 3.35. The molecule has 0 aliphatic heterocycles. The molecule has 3 rings (SSSR count). The van der Waals surface area contributed by atoms with Gasteiger partial charge in [0.05, 0.1) is 0 Å². The van der Waals surface area contributed by atoms with Gasteiger partial charge in [-0.15, -0.1) is 0 Å². The fourth-order valence-corrected chi connectivity index (χ4v) is 5.04. The van der Waals surface area contributed by atoms with Crippen LogP contribution in [-0.2, 0) is 11.5 Å². The highest BCUT2D eigenvalue weighted by Crippen LogP contribution is 2.34. The molecular weight excluding hydrogens is 512 g/mol. The first-order chi connectivity index (χ1) is 18.8. The molecule has 0 unspecified atom stereocenters. The molecule has 1 amide bonds. The van der Waals surface area contributed by atoms with Crippen molar-refractivity contribution in [3.8, 4) is 6.07 Å². The Balaban J connectivity index is 1.90. The van der Waals surface area contributed by atoms with Crippen LogP contribution in [0, 0.1) is 11.3 Å². The second-order valence-electron chi connectivity index (χ2n) is 10.6. The number of hydrogen-bond acceptors (Lipinski definition) is 6. The zero-order valence-electron chi connectivity index (χ0n) is 22.7. The van der Waals surface area contributed by atoms with E-state index in [1.807, 2.05) is 18.2 Å². The van der Waals surface area contributed by atoms with E-state index < -0.39 is 14.0 Å². The Morgan fingerprint density at radius 2 is 2.00 bits per heavy atom. The number of nitrogens with zero attached hydrogens (tertiary/aromatic N) is 9. The molecule has 39 heavy (non-hydrogen) atoms. The number of nitriles is 1. The normalized spacial score (nSPS) is 13.8. The lowest BCUT2D eigenvalue weighted by atomic mass is 9.89. The highest BCUT2D eigenvalue weighted by Gasteiger charge is 2.21. The molecule has 1 aromatic heterocycles. The van der Waals surface area contributed by atoms with Crippen LogP contribution < -0.4 is 5.32 Å². The molecule has 12 nitrogen and oxygen atoms in total. The monoisotopic (exact) mass is 546 g/mol. The van der Waals surface area contributed by atoms with Gasteiger partial charge in [0, 0.05) is 55.0 Å². The second kappa shape index (κ2) is 14.2. The Bertz CT molecular complexity index is 1320. The molecule has 1 N–H and O–H groups in total. The highest BCUT2D eigenvalue weighted by atomic mass is 28.3. The van der Waals surface area contributed by atoms with Crippen molar-refractivity contribution in [2.45, 2.75) is 64.0 Å². The number of anilines is 1. The molecule has 0 saturated carbocycles. The Morgan fingerprint density at radius 3 is 2.62 bits per heavy atom. The molecule has 0 fully saturated rings. The average molecular weight is 547 g/mol. The molecule has 1 heterocycles. The molecule has 0 bridgehead atoms. The minimum atomic E-state index is -1.27. The van der Waals surface area contributed by atoms with Gasteiger partial charge < -0.3 is 14.6 Å². The minimum absolute atomic E-state index is 0.0943. The van der Waals surface area contributed by atoms with Crippen LogP contribution in [0.3, 0.4) is 0 Å². The van der Waals surface area contributed by atoms with Gasteiger partial charge in [0.15, 0.2) is 5.69 Å². The summed E-state index contributed by atoms with van der Waals surface area (Å²) in [6, 6.07) is 8.59. The van der Waals surface area contributed by atoms with E-state index in [0.717, 1.165) is 48.4 Å². The molecule has 13 heteroatoms. The lowest BCUT2D eigenvalue weighted by Gasteiger charge is -2.21. The van der Waals surface area contributed by atoms with Crippen LogP contribution in [0.25, 0.3) is 26.5 Å². The van der Waals surface area contributed by atoms with Crippen molar-refractivity contribution in [3.05, 3.63) is 74.0 Å². The molecule has 0 saturated heterocycles. The maximum absolute atomic E-state index is 13.4. The first kappa shape index (κ1) is 29.5. The first-order valence-electron chi connectivity index (χ1n) is 13.0. The molecular formula is C26H34N10O2Si. The number of ether oxygens (including phenoxy) is 1. The number of nitrogens with one attached hydrogen (secondary N) is 1. The molecule has 1 aromatic carbocycles. The van der Waals surface area contributed by atoms with Crippen molar-refractivity contribution in [3.63, 3.8) is 0 Å². The molecule has 2 aromatic rings. The van der Waals surface area contributed by atoms with Gasteiger partial charge in [-0.05, 0) is 72.0 Å². The van der Waals surface area contributed by atoms with Crippen LogP contribution in [0.2, 0.25) is 25.7 Å². The Labute approximate surface area is 229 Å². The maximum atomic E-state index is 13.4. The Morgan fingerprint density at radius 1 is 1.26 bits per heavy atom. The number of imidazole rings is 1. The summed E-state index contributed by atoms with van der Waals surface area (Å²) < 4.78 is 7.37. The molecule has 0 atom stereocenters. The third-order valence-electron chi connectivity index (χ3n) is 6.45. The van der Waals surface area contributed by atoms with Crippen molar-refractivity contribution in [2.24, 2.45) is 10.2 Å². The molecule has 1 aliphatic carbocycles. The van der Waals surface area contributed by atoms with Gasteiger partial charge in [-0.2, -0.15) is 5.26 Å². The smallest absolute Gasteiger partial charge is 0.291 e. The number of azide groups is 2. The van der Waals surface area contributed by atoms with E-state index in [1.165, 1.54) is 6.20 Å². The molecule has 0 spiro atoms. The van der Waals surface area contributed by atoms with Gasteiger partial charge in [0.1, 0.15) is 12.8 Å². The van der Waals surface area contributed by atoms with Crippen molar-refractivity contribution in [1.82, 2.24) is 9.55 Å². The summed E-state index contributed by atoms with van der Waals surface area (Å²) >= 11 is 0. The summed E-state index contributed by atoms with van der Waals surface area (Å²) in [6.45, 7) is 7.78. The van der Waals surface area contributed by atoms with Gasteiger partial charge in [-0.1, -0.05) is 42.0 Å². The summed E-state index contributed by atoms with van der Waals surface area (Å²) in [4.78, 5) is 23.3. The van der Waals surface area contributed by atoms with Crippen LogP contribution in [0.4, 0.5) is 5.69 Å². The third-order valence-corrected chi connectivity index (χ3v) is 8.16. The zero-order valence-corrected chi connectivity index (χ0v) is 23.7. The lowest BCUT2D eigenvalue weighted by Crippen LogP contribution is -2.23. The van der Waals surface area contributed by atoms with Crippen LogP contribution >= 0.6 is 0 Å². The fourth-order valence-electron chi connectivity index (χ4n) is 4.28. The minimum Gasteiger partial charge on any atom is -0.361 e. The number of hydrogen-bond donors (Lipinski definition) is 1. The summed E-state index contributed by atoms with van der Waals surface area (Å²) in [6.07, 6.45) is 7.64. The molecule has 0 radical (unpaired) electrons. The van der Waals surface area contributed by atoms with E-state index in [0.29, 0.717) is 12.3 Å². The molecule has 1 aliphatic rings. The number of aromatic nitrogens is 2. The van der Waals surface area contributed by atoms with E-state index in [9.17, 15) is 10.1 Å². The van der Waals surface area contributed by atoms with E-state index in [-0.39, 0.29) is 37.3 Å². The number of benzene rings is 1. The quantitative estimate of drug-likeness (QED) is 0.0936. The number of allylic oxidation sites excluding steroid dienone is 2. The first-order valence-corrected chi connectivity index (χ1v) is 16.7. The van der Waals surface area contributed by atoms with Crippen LogP contribution in [-0.4, -0.2) is 43.2 Å². The number of amides is 1.